The first kappa shape index (κ1) is 17.0. The van der Waals surface area contributed by atoms with Crippen molar-refractivity contribution >= 4 is 57.4 Å². The van der Waals surface area contributed by atoms with Crippen LogP contribution in [0.1, 0.15) is 11.1 Å². The van der Waals surface area contributed by atoms with Crippen molar-refractivity contribution in [2.24, 2.45) is 0 Å². The molecule has 0 atom stereocenters. The van der Waals surface area contributed by atoms with Gasteiger partial charge in [-0.1, -0.05) is 17.7 Å². The van der Waals surface area contributed by atoms with Gasteiger partial charge in [0.05, 0.1) is 5.69 Å². The van der Waals surface area contributed by atoms with Crippen molar-refractivity contribution in [3.63, 3.8) is 0 Å². The van der Waals surface area contributed by atoms with E-state index in [1.165, 1.54) is 0 Å². The van der Waals surface area contributed by atoms with Gasteiger partial charge in [-0.05, 0) is 84.0 Å². The number of hydrogen-bond acceptors (Lipinski definition) is 3. The zero-order valence-corrected chi connectivity index (χ0v) is 16.0. The molecule has 0 spiro atoms. The van der Waals surface area contributed by atoms with Crippen molar-refractivity contribution in [2.45, 2.75) is 13.8 Å². The van der Waals surface area contributed by atoms with Crippen LogP contribution < -0.4 is 10.2 Å². The Kier molecular flexibility index (Phi) is 4.64. The van der Waals surface area contributed by atoms with Crippen molar-refractivity contribution in [3.05, 3.63) is 67.9 Å². The first-order chi connectivity index (χ1) is 11.4. The number of halogens is 2. The van der Waals surface area contributed by atoms with E-state index in [0.29, 0.717) is 11.4 Å². The number of hydrogen-bond donors (Lipinski definition) is 1. The fraction of sp³-hybridized carbons (Fsp3) is 0.111. The van der Waals surface area contributed by atoms with Crippen molar-refractivity contribution in [2.75, 3.05) is 10.2 Å². The molecule has 0 radical (unpaired) electrons. The molecule has 24 heavy (non-hydrogen) atoms. The molecule has 0 fully saturated rings. The summed E-state index contributed by atoms with van der Waals surface area (Å²) in [7, 11) is 0. The second-order valence-corrected chi connectivity index (χ2v) is 7.16. The van der Waals surface area contributed by atoms with Gasteiger partial charge in [0.25, 0.3) is 11.8 Å². The fourth-order valence-corrected chi connectivity index (χ4v) is 2.96. The molecule has 2 aromatic rings. The number of amides is 2. The summed E-state index contributed by atoms with van der Waals surface area (Å²) in [6, 6.07) is 12.9. The molecule has 1 N–H and O–H groups in total. The maximum Gasteiger partial charge on any atom is 0.283 e. The molecule has 2 amide bonds. The summed E-state index contributed by atoms with van der Waals surface area (Å²) < 4.78 is 1.07. The van der Waals surface area contributed by atoms with Gasteiger partial charge in [0.1, 0.15) is 10.7 Å². The van der Waals surface area contributed by atoms with Gasteiger partial charge in [0.2, 0.25) is 0 Å². The van der Waals surface area contributed by atoms with Gasteiger partial charge in [0.15, 0.2) is 0 Å². The molecule has 0 saturated carbocycles. The van der Waals surface area contributed by atoms with Crippen molar-refractivity contribution < 1.29 is 9.59 Å². The summed E-state index contributed by atoms with van der Waals surface area (Å²) in [4.78, 5) is 26.2. The first-order valence-electron chi connectivity index (χ1n) is 7.27. The van der Waals surface area contributed by atoms with E-state index >= 15 is 0 Å². The van der Waals surface area contributed by atoms with Gasteiger partial charge in [-0.25, -0.2) is 4.90 Å². The smallest absolute Gasteiger partial charge is 0.283 e. The molecule has 0 bridgehead atoms. The lowest BCUT2D eigenvalue weighted by Crippen LogP contribution is -2.32. The average molecular weight is 453 g/mol. The summed E-state index contributed by atoms with van der Waals surface area (Å²) in [5.41, 5.74) is 3.41. The number of aryl methyl sites for hydroxylation is 2. The minimum atomic E-state index is -0.516. The number of nitrogens with zero attached hydrogens (tertiary/aromatic N) is 1. The van der Waals surface area contributed by atoms with Gasteiger partial charge < -0.3 is 5.32 Å². The SMILES string of the molecule is Cc1ccc(N2C(=O)C(Cl)=C(Nc3ccc(I)cc3)C2=O)cc1C. The third kappa shape index (κ3) is 3.06. The maximum absolute atomic E-state index is 12.7. The number of rotatable bonds is 3. The Morgan fingerprint density at radius 1 is 0.958 bits per heavy atom. The van der Waals surface area contributed by atoms with Crippen LogP contribution in [0.15, 0.2) is 53.2 Å². The van der Waals surface area contributed by atoms with Crippen LogP contribution >= 0.6 is 34.2 Å². The van der Waals surface area contributed by atoms with E-state index in [0.717, 1.165) is 19.6 Å². The predicted octanol–water partition coefficient (Wildman–Crippen LogP) is 4.34. The number of imide groups is 1. The third-order valence-corrected chi connectivity index (χ3v) is 4.96. The molecule has 1 aliphatic heterocycles. The highest BCUT2D eigenvalue weighted by Crippen LogP contribution is 2.31. The molecule has 2 aromatic carbocycles. The standard InChI is InChI=1S/C18H14ClIN2O2/c1-10-3-8-14(9-11(10)2)22-17(23)15(19)16(18(22)24)21-13-6-4-12(20)5-7-13/h3-9,21H,1-2H3. The minimum Gasteiger partial charge on any atom is -0.350 e. The summed E-state index contributed by atoms with van der Waals surface area (Å²) in [5.74, 6) is -0.968. The zero-order chi connectivity index (χ0) is 17.4. The van der Waals surface area contributed by atoms with Gasteiger partial charge in [0, 0.05) is 9.26 Å². The van der Waals surface area contributed by atoms with Crippen LogP contribution in [-0.4, -0.2) is 11.8 Å². The molecular weight excluding hydrogens is 439 g/mol. The van der Waals surface area contributed by atoms with Gasteiger partial charge >= 0.3 is 0 Å². The van der Waals surface area contributed by atoms with E-state index in [1.807, 2.05) is 50.2 Å². The number of nitrogens with one attached hydrogen (secondary N) is 1. The number of anilines is 2. The molecule has 0 aliphatic carbocycles. The van der Waals surface area contributed by atoms with E-state index in [9.17, 15) is 9.59 Å². The molecule has 4 nitrogen and oxygen atoms in total. The van der Waals surface area contributed by atoms with Crippen LogP contribution in [0, 0.1) is 17.4 Å². The van der Waals surface area contributed by atoms with Crippen molar-refractivity contribution in [3.8, 4) is 0 Å². The summed E-state index contributed by atoms with van der Waals surface area (Å²) >= 11 is 8.32. The molecule has 0 aromatic heterocycles. The first-order valence-corrected chi connectivity index (χ1v) is 8.72. The highest BCUT2D eigenvalue weighted by molar-refractivity contribution is 14.1. The number of benzene rings is 2. The quantitative estimate of drug-likeness (QED) is 0.557. The Hall–Kier alpha value is -1.86. The minimum absolute atomic E-state index is 0.0982. The van der Waals surface area contributed by atoms with E-state index in [1.54, 1.807) is 6.07 Å². The van der Waals surface area contributed by atoms with E-state index in [4.69, 9.17) is 11.6 Å². The van der Waals surface area contributed by atoms with Gasteiger partial charge in [-0.3, -0.25) is 9.59 Å². The largest absolute Gasteiger partial charge is 0.350 e. The summed E-state index contributed by atoms with van der Waals surface area (Å²) in [6.45, 7) is 3.91. The highest BCUT2D eigenvalue weighted by atomic mass is 127. The normalized spacial score (nSPS) is 14.6. The monoisotopic (exact) mass is 452 g/mol. The Morgan fingerprint density at radius 2 is 1.62 bits per heavy atom. The Bertz CT molecular complexity index is 875. The lowest BCUT2D eigenvalue weighted by atomic mass is 10.1. The van der Waals surface area contributed by atoms with Crippen LogP contribution in [0.3, 0.4) is 0 Å². The summed E-state index contributed by atoms with van der Waals surface area (Å²) in [5, 5.41) is 2.86. The van der Waals surface area contributed by atoms with Crippen molar-refractivity contribution in [1.82, 2.24) is 0 Å². The molecule has 0 unspecified atom stereocenters. The van der Waals surface area contributed by atoms with Gasteiger partial charge in [-0.15, -0.1) is 0 Å². The Labute approximate surface area is 158 Å². The average Bonchev–Trinajstić information content (AvgIpc) is 2.76. The summed E-state index contributed by atoms with van der Waals surface area (Å²) in [6.07, 6.45) is 0. The molecule has 122 valence electrons. The number of carbonyl (C=O) groups is 2. The maximum atomic E-state index is 12.7. The number of carbonyl (C=O) groups excluding carboxylic acids is 2. The van der Waals surface area contributed by atoms with E-state index < -0.39 is 11.8 Å². The van der Waals surface area contributed by atoms with Gasteiger partial charge in [-0.2, -0.15) is 0 Å². The molecule has 1 aliphatic rings. The van der Waals surface area contributed by atoms with Crippen LogP contribution in [0.2, 0.25) is 0 Å². The van der Waals surface area contributed by atoms with Crippen LogP contribution in [-0.2, 0) is 9.59 Å². The van der Waals surface area contributed by atoms with E-state index in [2.05, 4.69) is 27.9 Å². The Balaban J connectivity index is 1.92. The second kappa shape index (κ2) is 6.57. The third-order valence-electron chi connectivity index (χ3n) is 3.89. The lowest BCUT2D eigenvalue weighted by molar-refractivity contribution is -0.120. The Morgan fingerprint density at radius 3 is 2.25 bits per heavy atom. The molecule has 3 rings (SSSR count). The topological polar surface area (TPSA) is 49.4 Å². The second-order valence-electron chi connectivity index (χ2n) is 5.54. The molecule has 1 heterocycles. The molecular formula is C18H14ClIN2O2. The van der Waals surface area contributed by atoms with Crippen LogP contribution in [0.5, 0.6) is 0 Å². The highest BCUT2D eigenvalue weighted by Gasteiger charge is 2.39. The van der Waals surface area contributed by atoms with Crippen molar-refractivity contribution in [1.29, 1.82) is 0 Å². The fourth-order valence-electron chi connectivity index (χ4n) is 2.39. The predicted molar refractivity (Wildman–Crippen MR) is 104 cm³/mol. The lowest BCUT2D eigenvalue weighted by Gasteiger charge is -2.16. The van der Waals surface area contributed by atoms with Crippen LogP contribution in [0.25, 0.3) is 0 Å². The van der Waals surface area contributed by atoms with E-state index in [-0.39, 0.29) is 10.7 Å². The zero-order valence-electron chi connectivity index (χ0n) is 13.1. The molecule has 0 saturated heterocycles. The molecule has 6 heteroatoms. The van der Waals surface area contributed by atoms with Crippen LogP contribution in [0.4, 0.5) is 11.4 Å².